The number of carboxylic acids is 1. The second-order valence-corrected chi connectivity index (χ2v) is 5.73. The van der Waals surface area contributed by atoms with Gasteiger partial charge in [0.2, 0.25) is 5.91 Å². The van der Waals surface area contributed by atoms with E-state index in [1.165, 1.54) is 0 Å². The van der Waals surface area contributed by atoms with Crippen molar-refractivity contribution >= 4 is 23.8 Å². The van der Waals surface area contributed by atoms with Gasteiger partial charge in [0.15, 0.2) is 0 Å². The zero-order valence-electron chi connectivity index (χ0n) is 12.0. The maximum atomic E-state index is 12.1. The zero-order valence-corrected chi connectivity index (χ0v) is 12.0. The van der Waals surface area contributed by atoms with Crippen LogP contribution in [0.25, 0.3) is 0 Å². The van der Waals surface area contributed by atoms with Crippen molar-refractivity contribution in [2.75, 3.05) is 6.54 Å². The molecule has 116 valence electrons. The molecule has 1 saturated carbocycles. The highest BCUT2D eigenvalue weighted by atomic mass is 16.4. The van der Waals surface area contributed by atoms with Crippen LogP contribution in [-0.4, -0.2) is 51.9 Å². The lowest BCUT2D eigenvalue weighted by Gasteiger charge is -2.20. The van der Waals surface area contributed by atoms with Crippen LogP contribution in [0.5, 0.6) is 0 Å². The molecule has 2 atom stereocenters. The van der Waals surface area contributed by atoms with Crippen molar-refractivity contribution in [3.05, 3.63) is 0 Å². The molecule has 0 aromatic rings. The van der Waals surface area contributed by atoms with Crippen molar-refractivity contribution < 1.29 is 24.3 Å². The number of carbonyl (C=O) groups is 4. The summed E-state index contributed by atoms with van der Waals surface area (Å²) in [6.45, 7) is 2.89. The molecule has 0 aromatic heterocycles. The Kier molecular flexibility index (Phi) is 3.89. The molecule has 2 unspecified atom stereocenters. The lowest BCUT2D eigenvalue weighted by Crippen LogP contribution is -2.48. The maximum Gasteiger partial charge on any atom is 0.326 e. The van der Waals surface area contributed by atoms with E-state index in [4.69, 9.17) is 5.11 Å². The van der Waals surface area contributed by atoms with Crippen LogP contribution in [0, 0.1) is 5.92 Å². The minimum Gasteiger partial charge on any atom is -0.480 e. The Morgan fingerprint density at radius 2 is 2.10 bits per heavy atom. The van der Waals surface area contributed by atoms with E-state index >= 15 is 0 Å². The standard InChI is InChI=1S/C13H19N3O5/c1-3-13(2)11(20)16(12(21)15-13)6-8(17)14-9(10(18)19)7-4-5-7/h7,9H,3-6H2,1-2H3,(H,14,17)(H,15,21)(H,18,19). The Morgan fingerprint density at radius 1 is 1.48 bits per heavy atom. The van der Waals surface area contributed by atoms with Crippen LogP contribution in [0.1, 0.15) is 33.1 Å². The van der Waals surface area contributed by atoms with Gasteiger partial charge in [-0.2, -0.15) is 0 Å². The number of carboxylic acid groups (broad SMARTS) is 1. The van der Waals surface area contributed by atoms with E-state index in [1.807, 2.05) is 0 Å². The molecule has 4 amide bonds. The molecule has 2 aliphatic rings. The molecule has 0 spiro atoms. The number of carbonyl (C=O) groups excluding carboxylic acids is 3. The first-order chi connectivity index (χ1) is 9.78. The van der Waals surface area contributed by atoms with Gasteiger partial charge in [0.25, 0.3) is 5.91 Å². The molecule has 2 rings (SSSR count). The molecule has 3 N–H and O–H groups in total. The summed E-state index contributed by atoms with van der Waals surface area (Å²) in [4.78, 5) is 47.6. The van der Waals surface area contributed by atoms with E-state index in [-0.39, 0.29) is 5.92 Å². The van der Waals surface area contributed by atoms with Crippen LogP contribution in [0.4, 0.5) is 4.79 Å². The van der Waals surface area contributed by atoms with Gasteiger partial charge >= 0.3 is 12.0 Å². The average molecular weight is 297 g/mol. The van der Waals surface area contributed by atoms with Gasteiger partial charge in [0.05, 0.1) is 0 Å². The van der Waals surface area contributed by atoms with Gasteiger partial charge in [-0.3, -0.25) is 14.5 Å². The molecule has 0 radical (unpaired) electrons. The maximum absolute atomic E-state index is 12.1. The first-order valence-corrected chi connectivity index (χ1v) is 6.94. The Labute approximate surface area is 121 Å². The number of imide groups is 1. The predicted octanol–water partition coefficient (Wildman–Crippen LogP) is -0.314. The number of urea groups is 1. The molecule has 0 bridgehead atoms. The largest absolute Gasteiger partial charge is 0.480 e. The summed E-state index contributed by atoms with van der Waals surface area (Å²) in [6.07, 6.45) is 1.93. The molecule has 1 aliphatic heterocycles. The van der Waals surface area contributed by atoms with Gasteiger partial charge in [-0.05, 0) is 32.1 Å². The SMILES string of the molecule is CCC1(C)NC(=O)N(CC(=O)NC(C(=O)O)C2CC2)C1=O. The number of nitrogens with zero attached hydrogens (tertiary/aromatic N) is 1. The minimum absolute atomic E-state index is 0.0598. The summed E-state index contributed by atoms with van der Waals surface area (Å²) >= 11 is 0. The summed E-state index contributed by atoms with van der Waals surface area (Å²) in [7, 11) is 0. The lowest BCUT2D eigenvalue weighted by atomic mass is 9.99. The molecule has 2 fully saturated rings. The zero-order chi connectivity index (χ0) is 15.8. The highest BCUT2D eigenvalue weighted by Crippen LogP contribution is 2.32. The molecule has 1 heterocycles. The Balaban J connectivity index is 1.98. The van der Waals surface area contributed by atoms with Crippen molar-refractivity contribution in [3.63, 3.8) is 0 Å². The fourth-order valence-corrected chi connectivity index (χ4v) is 2.30. The molecule has 8 nitrogen and oxygen atoms in total. The third-order valence-electron chi connectivity index (χ3n) is 4.03. The van der Waals surface area contributed by atoms with Gasteiger partial charge < -0.3 is 15.7 Å². The van der Waals surface area contributed by atoms with Gasteiger partial charge in [0.1, 0.15) is 18.1 Å². The van der Waals surface area contributed by atoms with Crippen molar-refractivity contribution in [1.82, 2.24) is 15.5 Å². The fourth-order valence-electron chi connectivity index (χ4n) is 2.30. The molecule has 21 heavy (non-hydrogen) atoms. The smallest absolute Gasteiger partial charge is 0.326 e. The molecule has 0 aromatic carbocycles. The van der Waals surface area contributed by atoms with Crippen LogP contribution in [-0.2, 0) is 14.4 Å². The summed E-state index contributed by atoms with van der Waals surface area (Å²) in [5.41, 5.74) is -1.000. The number of hydrogen-bond acceptors (Lipinski definition) is 4. The Bertz CT molecular complexity index is 502. The predicted molar refractivity (Wildman–Crippen MR) is 71.2 cm³/mol. The Hall–Kier alpha value is -2.12. The summed E-state index contributed by atoms with van der Waals surface area (Å²) < 4.78 is 0. The number of aliphatic carboxylic acids is 1. The highest BCUT2D eigenvalue weighted by Gasteiger charge is 2.47. The van der Waals surface area contributed by atoms with Crippen molar-refractivity contribution in [2.24, 2.45) is 5.92 Å². The molecular weight excluding hydrogens is 278 g/mol. The minimum atomic E-state index is -1.10. The van der Waals surface area contributed by atoms with Gasteiger partial charge in [-0.15, -0.1) is 0 Å². The lowest BCUT2D eigenvalue weighted by molar-refractivity contribution is -0.142. The molecule has 1 aliphatic carbocycles. The van der Waals surface area contributed by atoms with E-state index in [1.54, 1.807) is 13.8 Å². The third-order valence-corrected chi connectivity index (χ3v) is 4.03. The Morgan fingerprint density at radius 3 is 2.52 bits per heavy atom. The number of nitrogens with one attached hydrogen (secondary N) is 2. The quantitative estimate of drug-likeness (QED) is 0.581. The van der Waals surface area contributed by atoms with Crippen LogP contribution in [0.2, 0.25) is 0 Å². The van der Waals surface area contributed by atoms with Crippen LogP contribution in [0.3, 0.4) is 0 Å². The van der Waals surface area contributed by atoms with E-state index in [9.17, 15) is 19.2 Å². The van der Waals surface area contributed by atoms with E-state index in [2.05, 4.69) is 10.6 Å². The topological polar surface area (TPSA) is 116 Å². The second-order valence-electron chi connectivity index (χ2n) is 5.73. The fraction of sp³-hybridized carbons (Fsp3) is 0.692. The van der Waals surface area contributed by atoms with Gasteiger partial charge in [-0.1, -0.05) is 6.92 Å². The average Bonchev–Trinajstić information content (AvgIpc) is 3.21. The van der Waals surface area contributed by atoms with Crippen molar-refractivity contribution in [2.45, 2.75) is 44.7 Å². The number of hydrogen-bond donors (Lipinski definition) is 3. The van der Waals surface area contributed by atoms with Crippen molar-refractivity contribution in [1.29, 1.82) is 0 Å². The summed E-state index contributed by atoms with van der Waals surface area (Å²) in [6, 6.07) is -1.58. The van der Waals surface area contributed by atoms with E-state index < -0.39 is 41.9 Å². The van der Waals surface area contributed by atoms with Crippen LogP contribution < -0.4 is 10.6 Å². The van der Waals surface area contributed by atoms with Crippen LogP contribution >= 0.6 is 0 Å². The second kappa shape index (κ2) is 5.34. The number of amides is 4. The highest BCUT2D eigenvalue weighted by molar-refractivity contribution is 6.08. The van der Waals surface area contributed by atoms with E-state index in [0.29, 0.717) is 6.42 Å². The molecule has 8 heteroatoms. The van der Waals surface area contributed by atoms with Gasteiger partial charge in [-0.25, -0.2) is 9.59 Å². The summed E-state index contributed by atoms with van der Waals surface area (Å²) in [5.74, 6) is -2.27. The first-order valence-electron chi connectivity index (χ1n) is 6.94. The van der Waals surface area contributed by atoms with Gasteiger partial charge in [0, 0.05) is 0 Å². The molecule has 1 saturated heterocycles. The molecular formula is C13H19N3O5. The monoisotopic (exact) mass is 297 g/mol. The third kappa shape index (κ3) is 2.98. The van der Waals surface area contributed by atoms with Crippen LogP contribution in [0.15, 0.2) is 0 Å². The van der Waals surface area contributed by atoms with Crippen molar-refractivity contribution in [3.8, 4) is 0 Å². The number of rotatable bonds is 6. The first kappa shape index (κ1) is 15.3. The summed E-state index contributed by atoms with van der Waals surface area (Å²) in [5, 5.41) is 14.0. The van der Waals surface area contributed by atoms with E-state index in [0.717, 1.165) is 17.7 Å². The normalized spacial score (nSPS) is 26.5.